The van der Waals surface area contributed by atoms with Crippen LogP contribution in [-0.4, -0.2) is 71.1 Å². The number of nitrogens with zero attached hydrogens (tertiary/aromatic N) is 2. The number of amides is 1. The molecule has 5 atom stereocenters. The summed E-state index contributed by atoms with van der Waals surface area (Å²) in [7, 11) is 0. The van der Waals surface area contributed by atoms with E-state index in [1.165, 1.54) is 18.1 Å². The standard InChI is InChI=1S/C38H48N2O6/c1-4-5-11-21-40(34(44)15-10-9-14-32(43)27-12-7-6-8-13-27)30-18-17-29-31-23-28-16-19-33(45-26(3)42)36-35(28)38(29,37(30)46-36)20-22-39(31)24-25(2)41/h6-8,12-13,16,19,29-31,37H,4-5,9-11,14-15,17-18,20-24H2,1-3H3/t29-,30-,31+,37-,38-/m0/s1. The second-order valence-corrected chi connectivity index (χ2v) is 13.8. The van der Waals surface area contributed by atoms with Crippen molar-refractivity contribution in [3.8, 4) is 11.5 Å². The van der Waals surface area contributed by atoms with Crippen LogP contribution in [0.2, 0.25) is 0 Å². The second-order valence-electron chi connectivity index (χ2n) is 13.8. The summed E-state index contributed by atoms with van der Waals surface area (Å²) in [6.45, 7) is 7.18. The van der Waals surface area contributed by atoms with E-state index in [1.54, 1.807) is 6.92 Å². The number of hydrogen-bond donors (Lipinski definition) is 0. The maximum atomic E-state index is 14.1. The Balaban J connectivity index is 1.27. The van der Waals surface area contributed by atoms with E-state index in [2.05, 4.69) is 22.8 Å². The minimum Gasteiger partial charge on any atom is -0.483 e. The van der Waals surface area contributed by atoms with E-state index < -0.39 is 0 Å². The van der Waals surface area contributed by atoms with Gasteiger partial charge in [-0.3, -0.25) is 24.1 Å². The summed E-state index contributed by atoms with van der Waals surface area (Å²) < 4.78 is 12.7. The molecule has 8 heteroatoms. The van der Waals surface area contributed by atoms with Gasteiger partial charge >= 0.3 is 5.97 Å². The first-order valence-electron chi connectivity index (χ1n) is 17.4. The molecule has 1 amide bonds. The van der Waals surface area contributed by atoms with Crippen LogP contribution in [0.3, 0.4) is 0 Å². The van der Waals surface area contributed by atoms with Gasteiger partial charge in [-0.05, 0) is 76.0 Å². The molecule has 246 valence electrons. The van der Waals surface area contributed by atoms with E-state index in [0.717, 1.165) is 57.1 Å². The zero-order valence-electron chi connectivity index (χ0n) is 27.6. The number of rotatable bonds is 14. The van der Waals surface area contributed by atoms with Crippen molar-refractivity contribution < 1.29 is 28.7 Å². The molecule has 1 spiro atoms. The third-order valence-corrected chi connectivity index (χ3v) is 10.9. The van der Waals surface area contributed by atoms with E-state index in [0.29, 0.717) is 56.2 Å². The molecule has 2 aliphatic carbocycles. The van der Waals surface area contributed by atoms with Crippen molar-refractivity contribution in [2.45, 2.75) is 115 Å². The molecule has 0 N–H and O–H groups in total. The molecule has 0 radical (unpaired) electrons. The first-order valence-corrected chi connectivity index (χ1v) is 17.4. The van der Waals surface area contributed by atoms with Gasteiger partial charge in [0.05, 0.1) is 12.6 Å². The van der Waals surface area contributed by atoms with Crippen LogP contribution in [0, 0.1) is 5.92 Å². The van der Waals surface area contributed by atoms with Crippen LogP contribution >= 0.6 is 0 Å². The summed E-state index contributed by atoms with van der Waals surface area (Å²) in [5.41, 5.74) is 2.79. The highest BCUT2D eigenvalue weighted by Gasteiger charge is 2.66. The Morgan fingerprint density at radius 3 is 2.50 bits per heavy atom. The number of likely N-dealkylation sites (tertiary alicyclic amines) is 1. The van der Waals surface area contributed by atoms with E-state index in [-0.39, 0.29) is 47.0 Å². The molecular formula is C38H48N2O6. The number of hydrogen-bond acceptors (Lipinski definition) is 7. The SMILES string of the molecule is CCCCCN(C(=O)CCCCC(=O)c1ccccc1)[C@H]1CC[C@H]2[C@H]3Cc4ccc(OC(C)=O)c5c4[C@@]2(CCN3CC(C)=O)[C@H]1O5. The average molecular weight is 629 g/mol. The fraction of sp³-hybridized carbons (Fsp3) is 0.579. The van der Waals surface area contributed by atoms with Crippen LogP contribution in [0.1, 0.15) is 106 Å². The van der Waals surface area contributed by atoms with Crippen molar-refractivity contribution >= 4 is 23.4 Å². The van der Waals surface area contributed by atoms with Gasteiger partial charge in [0.25, 0.3) is 0 Å². The Morgan fingerprint density at radius 1 is 0.978 bits per heavy atom. The number of carbonyl (C=O) groups is 4. The number of benzene rings is 2. The lowest BCUT2D eigenvalue weighted by Crippen LogP contribution is -2.69. The number of esters is 1. The predicted molar refractivity (Wildman–Crippen MR) is 175 cm³/mol. The highest BCUT2D eigenvalue weighted by molar-refractivity contribution is 5.96. The zero-order valence-corrected chi connectivity index (χ0v) is 27.6. The summed E-state index contributed by atoms with van der Waals surface area (Å²) in [5, 5.41) is 0. The van der Waals surface area contributed by atoms with Crippen LogP contribution in [0.15, 0.2) is 42.5 Å². The van der Waals surface area contributed by atoms with E-state index in [1.807, 2.05) is 36.4 Å². The van der Waals surface area contributed by atoms with Crippen LogP contribution in [0.25, 0.3) is 0 Å². The second kappa shape index (κ2) is 13.7. The molecule has 4 aliphatic rings. The van der Waals surface area contributed by atoms with Crippen molar-refractivity contribution in [2.24, 2.45) is 5.92 Å². The number of unbranched alkanes of at least 4 members (excludes halogenated alkanes) is 3. The first-order chi connectivity index (χ1) is 22.2. The van der Waals surface area contributed by atoms with Crippen molar-refractivity contribution in [3.63, 3.8) is 0 Å². The van der Waals surface area contributed by atoms with E-state index in [4.69, 9.17) is 9.47 Å². The van der Waals surface area contributed by atoms with Crippen molar-refractivity contribution in [1.82, 2.24) is 9.80 Å². The van der Waals surface area contributed by atoms with Gasteiger partial charge in [0.2, 0.25) is 5.91 Å². The van der Waals surface area contributed by atoms with Crippen molar-refractivity contribution in [2.75, 3.05) is 19.6 Å². The maximum absolute atomic E-state index is 14.1. The smallest absolute Gasteiger partial charge is 0.308 e. The minimum absolute atomic E-state index is 0.102. The minimum atomic E-state index is -0.382. The largest absolute Gasteiger partial charge is 0.483 e. The summed E-state index contributed by atoms with van der Waals surface area (Å²) in [4.78, 5) is 55.6. The van der Waals surface area contributed by atoms with Crippen molar-refractivity contribution in [3.05, 3.63) is 59.2 Å². The van der Waals surface area contributed by atoms with Gasteiger partial charge in [-0.2, -0.15) is 0 Å². The van der Waals surface area contributed by atoms with E-state index in [9.17, 15) is 19.2 Å². The average Bonchev–Trinajstić information content (AvgIpc) is 3.39. The van der Waals surface area contributed by atoms with Gasteiger partial charge in [-0.15, -0.1) is 0 Å². The molecule has 46 heavy (non-hydrogen) atoms. The molecular weight excluding hydrogens is 580 g/mol. The lowest BCUT2D eigenvalue weighted by Gasteiger charge is -2.60. The molecule has 2 aromatic rings. The normalized spacial score (nSPS) is 25.7. The quantitative estimate of drug-likeness (QED) is 0.109. The molecule has 1 saturated heterocycles. The Kier molecular flexibility index (Phi) is 9.64. The topological polar surface area (TPSA) is 93.2 Å². The highest BCUT2D eigenvalue weighted by atomic mass is 16.6. The van der Waals surface area contributed by atoms with Crippen LogP contribution in [0.5, 0.6) is 11.5 Å². The molecule has 0 aromatic heterocycles. The van der Waals surface area contributed by atoms with Crippen LogP contribution in [-0.2, 0) is 26.2 Å². The summed E-state index contributed by atoms with van der Waals surface area (Å²) in [5.74, 6) is 1.47. The number of carbonyl (C=O) groups excluding carboxylic acids is 4. The molecule has 2 aliphatic heterocycles. The molecule has 2 fully saturated rings. The molecule has 1 saturated carbocycles. The summed E-state index contributed by atoms with van der Waals surface area (Å²) in [6.07, 6.45) is 8.42. The van der Waals surface area contributed by atoms with Crippen LogP contribution in [0.4, 0.5) is 0 Å². The molecule has 2 heterocycles. The number of Topliss-reactive ketones (excluding diaryl/α,β-unsaturated/α-hetero) is 2. The van der Waals surface area contributed by atoms with Gasteiger partial charge in [-0.25, -0.2) is 0 Å². The maximum Gasteiger partial charge on any atom is 0.308 e. The molecule has 8 nitrogen and oxygen atoms in total. The molecule has 2 aromatic carbocycles. The zero-order chi connectivity index (χ0) is 32.4. The van der Waals surface area contributed by atoms with Gasteiger partial charge in [0, 0.05) is 48.9 Å². The third kappa shape index (κ3) is 6.01. The van der Waals surface area contributed by atoms with Gasteiger partial charge in [0.15, 0.2) is 17.3 Å². The molecule has 0 unspecified atom stereocenters. The number of ketones is 2. The number of piperidine rings is 1. The lowest BCUT2D eigenvalue weighted by atomic mass is 9.51. The van der Waals surface area contributed by atoms with Gasteiger partial charge in [0.1, 0.15) is 11.9 Å². The molecule has 6 rings (SSSR count). The third-order valence-electron chi connectivity index (χ3n) is 10.9. The Morgan fingerprint density at radius 2 is 1.76 bits per heavy atom. The molecule has 2 bridgehead atoms. The number of ether oxygens (including phenoxy) is 2. The Bertz CT molecular complexity index is 1470. The highest BCUT2D eigenvalue weighted by Crippen LogP contribution is 2.64. The Labute approximate surface area is 272 Å². The summed E-state index contributed by atoms with van der Waals surface area (Å²) in [6, 6.07) is 13.4. The monoisotopic (exact) mass is 628 g/mol. The fourth-order valence-electron chi connectivity index (χ4n) is 9.11. The van der Waals surface area contributed by atoms with Crippen LogP contribution < -0.4 is 9.47 Å². The van der Waals surface area contributed by atoms with Crippen molar-refractivity contribution in [1.29, 1.82) is 0 Å². The first kappa shape index (κ1) is 32.4. The van der Waals surface area contributed by atoms with Gasteiger partial charge in [-0.1, -0.05) is 56.2 Å². The summed E-state index contributed by atoms with van der Waals surface area (Å²) >= 11 is 0. The van der Waals surface area contributed by atoms with E-state index >= 15 is 0 Å². The Hall–Kier alpha value is -3.52. The predicted octanol–water partition coefficient (Wildman–Crippen LogP) is 6.07. The lowest BCUT2D eigenvalue weighted by molar-refractivity contribution is -0.143. The van der Waals surface area contributed by atoms with Gasteiger partial charge < -0.3 is 14.4 Å². The fourth-order valence-corrected chi connectivity index (χ4v) is 9.11.